The molecule has 0 atom stereocenters. The average molecular weight is 365 g/mol. The Hall–Kier alpha value is -1.26. The molecule has 1 aliphatic rings. The number of thioether (sulfide) groups is 1. The molecule has 0 saturated heterocycles. The van der Waals surface area contributed by atoms with E-state index in [9.17, 15) is 4.79 Å². The largest absolute Gasteiger partial charge is 0.339 e. The Balaban J connectivity index is 2.34. The van der Waals surface area contributed by atoms with Gasteiger partial charge in [0.25, 0.3) is 0 Å². The van der Waals surface area contributed by atoms with E-state index in [4.69, 9.17) is 11.6 Å². The monoisotopic (exact) mass is 364 g/mol. The standard InChI is InChI=1S/C19H25ClN2OS/c1-6-7-11-22-13(2)17(19(3,4)5)24-16(22)12-15(23)14-9-8-10-21-18(14)20/h8-10,12H,6-7,11H2,1-5H3/b16-12-. The van der Waals surface area contributed by atoms with Crippen LogP contribution in [0.4, 0.5) is 0 Å². The summed E-state index contributed by atoms with van der Waals surface area (Å²) in [5.41, 5.74) is 1.76. The van der Waals surface area contributed by atoms with E-state index in [1.165, 1.54) is 10.6 Å². The van der Waals surface area contributed by atoms with Crippen molar-refractivity contribution in [3.8, 4) is 0 Å². The maximum atomic E-state index is 12.6. The first-order valence-corrected chi connectivity index (χ1v) is 9.48. The molecule has 0 aromatic carbocycles. The van der Waals surface area contributed by atoms with E-state index in [0.29, 0.717) is 5.56 Å². The average Bonchev–Trinajstić information content (AvgIpc) is 2.81. The highest BCUT2D eigenvalue weighted by Gasteiger charge is 2.32. The summed E-state index contributed by atoms with van der Waals surface area (Å²) < 4.78 is 0. The third kappa shape index (κ3) is 4.22. The third-order valence-corrected chi connectivity index (χ3v) is 5.86. The fourth-order valence-corrected chi connectivity index (χ4v) is 4.17. The molecule has 5 heteroatoms. The molecular weight excluding hydrogens is 340 g/mol. The number of ketones is 1. The van der Waals surface area contributed by atoms with E-state index in [1.54, 1.807) is 36.2 Å². The van der Waals surface area contributed by atoms with Crippen molar-refractivity contribution in [3.63, 3.8) is 0 Å². The Morgan fingerprint density at radius 2 is 2.12 bits per heavy atom. The van der Waals surface area contributed by atoms with Gasteiger partial charge in [-0.3, -0.25) is 4.79 Å². The zero-order valence-corrected chi connectivity index (χ0v) is 16.6. The lowest BCUT2D eigenvalue weighted by Gasteiger charge is -2.22. The molecule has 24 heavy (non-hydrogen) atoms. The zero-order chi connectivity index (χ0) is 17.9. The summed E-state index contributed by atoms with van der Waals surface area (Å²) in [5, 5.41) is 1.24. The lowest BCUT2D eigenvalue weighted by atomic mass is 9.94. The number of aromatic nitrogens is 1. The molecule has 0 aliphatic carbocycles. The number of hydrogen-bond donors (Lipinski definition) is 0. The number of carbonyl (C=O) groups is 1. The van der Waals surface area contributed by atoms with Gasteiger partial charge in [-0.15, -0.1) is 0 Å². The minimum Gasteiger partial charge on any atom is -0.339 e. The van der Waals surface area contributed by atoms with Crippen LogP contribution in [-0.2, 0) is 0 Å². The molecule has 0 fully saturated rings. The van der Waals surface area contributed by atoms with Gasteiger partial charge in [-0.25, -0.2) is 4.98 Å². The Bertz CT molecular complexity index is 689. The highest BCUT2D eigenvalue weighted by molar-refractivity contribution is 8.07. The summed E-state index contributed by atoms with van der Waals surface area (Å²) in [6, 6.07) is 3.45. The Morgan fingerprint density at radius 1 is 1.42 bits per heavy atom. The molecule has 0 radical (unpaired) electrons. The van der Waals surface area contributed by atoms with Gasteiger partial charge in [0.1, 0.15) is 5.15 Å². The molecule has 1 aromatic heterocycles. The van der Waals surface area contributed by atoms with E-state index in [0.717, 1.165) is 24.4 Å². The molecule has 2 heterocycles. The van der Waals surface area contributed by atoms with Crippen molar-refractivity contribution in [1.29, 1.82) is 0 Å². The van der Waals surface area contributed by atoms with Crippen molar-refractivity contribution in [2.24, 2.45) is 5.41 Å². The number of hydrogen-bond acceptors (Lipinski definition) is 4. The second-order valence-corrected chi connectivity index (χ2v) is 8.35. The second kappa shape index (κ2) is 7.75. The van der Waals surface area contributed by atoms with E-state index < -0.39 is 0 Å². The number of pyridine rings is 1. The van der Waals surface area contributed by atoms with E-state index >= 15 is 0 Å². The number of nitrogens with zero attached hydrogens (tertiary/aromatic N) is 2. The Labute approximate surface area is 154 Å². The molecule has 0 saturated carbocycles. The molecule has 0 bridgehead atoms. The lowest BCUT2D eigenvalue weighted by molar-refractivity contribution is 0.104. The van der Waals surface area contributed by atoms with Gasteiger partial charge in [0.05, 0.1) is 10.6 Å². The number of halogens is 1. The number of carbonyl (C=O) groups excluding carboxylic acids is 1. The molecule has 3 nitrogen and oxygen atoms in total. The van der Waals surface area contributed by atoms with Gasteiger partial charge in [0, 0.05) is 29.4 Å². The van der Waals surface area contributed by atoms with Crippen LogP contribution in [0.15, 0.2) is 40.0 Å². The smallest absolute Gasteiger partial charge is 0.191 e. The fraction of sp³-hybridized carbons (Fsp3) is 0.474. The second-order valence-electron chi connectivity index (χ2n) is 6.96. The third-order valence-electron chi connectivity index (χ3n) is 3.90. The van der Waals surface area contributed by atoms with Crippen LogP contribution in [0.25, 0.3) is 0 Å². The first-order valence-electron chi connectivity index (χ1n) is 8.29. The van der Waals surface area contributed by atoms with Gasteiger partial charge in [-0.05, 0) is 30.9 Å². The topological polar surface area (TPSA) is 33.2 Å². The Morgan fingerprint density at radius 3 is 2.71 bits per heavy atom. The molecule has 0 spiro atoms. The van der Waals surface area contributed by atoms with Crippen molar-refractivity contribution >= 4 is 29.1 Å². The van der Waals surface area contributed by atoms with E-state index in [1.807, 2.05) is 0 Å². The van der Waals surface area contributed by atoms with E-state index in [-0.39, 0.29) is 16.4 Å². The van der Waals surface area contributed by atoms with Gasteiger partial charge in [0.2, 0.25) is 0 Å². The predicted molar refractivity (Wildman–Crippen MR) is 103 cm³/mol. The molecule has 1 aromatic rings. The maximum Gasteiger partial charge on any atom is 0.191 e. The van der Waals surface area contributed by atoms with Crippen molar-refractivity contribution in [1.82, 2.24) is 9.88 Å². The van der Waals surface area contributed by atoms with Gasteiger partial charge < -0.3 is 4.90 Å². The summed E-state index contributed by atoms with van der Waals surface area (Å²) in [6.45, 7) is 11.9. The van der Waals surface area contributed by atoms with Gasteiger partial charge in [0.15, 0.2) is 5.78 Å². The minimum absolute atomic E-state index is 0.0593. The lowest BCUT2D eigenvalue weighted by Crippen LogP contribution is -2.19. The maximum absolute atomic E-state index is 12.6. The molecule has 0 amide bonds. The van der Waals surface area contributed by atoms with Crippen LogP contribution in [0.5, 0.6) is 0 Å². The summed E-state index contributed by atoms with van der Waals surface area (Å²) in [4.78, 5) is 20.2. The first kappa shape index (κ1) is 19.1. The summed E-state index contributed by atoms with van der Waals surface area (Å²) in [7, 11) is 0. The zero-order valence-electron chi connectivity index (χ0n) is 15.0. The van der Waals surface area contributed by atoms with Crippen LogP contribution in [0, 0.1) is 5.41 Å². The fourth-order valence-electron chi connectivity index (χ4n) is 2.68. The van der Waals surface area contributed by atoms with Crippen LogP contribution in [0.1, 0.15) is 57.8 Å². The van der Waals surface area contributed by atoms with Crippen molar-refractivity contribution in [2.45, 2.75) is 47.5 Å². The molecule has 0 N–H and O–H groups in total. The Kier molecular flexibility index (Phi) is 6.16. The van der Waals surface area contributed by atoms with Crippen LogP contribution >= 0.6 is 23.4 Å². The molecule has 1 aliphatic heterocycles. The van der Waals surface area contributed by atoms with Crippen molar-refractivity contribution in [3.05, 3.63) is 50.8 Å². The quantitative estimate of drug-likeness (QED) is 0.370. The number of allylic oxidation sites excluding steroid dienone is 3. The SMILES string of the molecule is CCCCN1C(C)=C(C(C)(C)C)S/C1=C\C(=O)c1cccnc1Cl. The van der Waals surface area contributed by atoms with Crippen molar-refractivity contribution < 1.29 is 4.79 Å². The van der Waals surface area contributed by atoms with E-state index in [2.05, 4.69) is 44.5 Å². The molecule has 2 rings (SSSR count). The minimum atomic E-state index is -0.0972. The molecule has 130 valence electrons. The first-order chi connectivity index (χ1) is 11.3. The van der Waals surface area contributed by atoms with Gasteiger partial charge >= 0.3 is 0 Å². The van der Waals surface area contributed by atoms with Crippen molar-refractivity contribution in [2.75, 3.05) is 6.54 Å². The predicted octanol–water partition coefficient (Wildman–Crippen LogP) is 5.89. The summed E-state index contributed by atoms with van der Waals surface area (Å²) in [6.07, 6.45) is 5.50. The normalized spacial score (nSPS) is 17.1. The summed E-state index contributed by atoms with van der Waals surface area (Å²) >= 11 is 7.76. The molecular formula is C19H25ClN2OS. The van der Waals surface area contributed by atoms with Crippen LogP contribution in [0.3, 0.4) is 0 Å². The van der Waals surface area contributed by atoms with Crippen LogP contribution < -0.4 is 0 Å². The molecule has 0 unspecified atom stereocenters. The highest BCUT2D eigenvalue weighted by Crippen LogP contribution is 2.49. The summed E-state index contributed by atoms with van der Waals surface area (Å²) in [5.74, 6) is -0.0972. The van der Waals surface area contributed by atoms with Crippen LogP contribution in [0.2, 0.25) is 5.15 Å². The highest BCUT2D eigenvalue weighted by atomic mass is 35.5. The van der Waals surface area contributed by atoms with Gasteiger partial charge in [-0.2, -0.15) is 0 Å². The van der Waals surface area contributed by atoms with Gasteiger partial charge in [-0.1, -0.05) is 57.5 Å². The number of unbranched alkanes of at least 4 members (excludes halogenated alkanes) is 1. The number of rotatable bonds is 5. The van der Waals surface area contributed by atoms with Crippen LogP contribution in [-0.4, -0.2) is 22.2 Å².